The van der Waals surface area contributed by atoms with Crippen LogP contribution in [0.3, 0.4) is 0 Å². The fourth-order valence-electron chi connectivity index (χ4n) is 5.32. The molecule has 0 bridgehead atoms. The average Bonchev–Trinajstić information content (AvgIpc) is 2.87. The molecule has 0 aliphatic carbocycles. The van der Waals surface area contributed by atoms with E-state index >= 15 is 0 Å². The Bertz CT molecular complexity index is 1490. The summed E-state index contributed by atoms with van der Waals surface area (Å²) in [6, 6.07) is 40.4. The Balaban J connectivity index is 1.84. The number of benzene rings is 6. The molecule has 0 spiro atoms. The van der Waals surface area contributed by atoms with E-state index in [4.69, 9.17) is 0 Å². The largest absolute Gasteiger partial charge is 0.0616 e. The molecule has 6 aromatic carbocycles. The van der Waals surface area contributed by atoms with Crippen molar-refractivity contribution in [3.63, 3.8) is 0 Å². The van der Waals surface area contributed by atoms with E-state index in [9.17, 15) is 0 Å². The van der Waals surface area contributed by atoms with E-state index in [-0.39, 0.29) is 0 Å². The predicted octanol–water partition coefficient (Wildman–Crippen LogP) is 7.83. The van der Waals surface area contributed by atoms with Gasteiger partial charge < -0.3 is 0 Å². The van der Waals surface area contributed by atoms with Crippen LogP contribution in [0.2, 0.25) is 0 Å². The molecule has 164 valence electrons. The van der Waals surface area contributed by atoms with Gasteiger partial charge >= 0.3 is 0 Å². The van der Waals surface area contributed by atoms with Gasteiger partial charge in [-0.15, -0.1) is 0 Å². The number of aryl methyl sites for hydroxylation is 3. The molecule has 34 heavy (non-hydrogen) atoms. The van der Waals surface area contributed by atoms with Crippen molar-refractivity contribution < 1.29 is 0 Å². The molecular formula is C33H27P. The number of hydrogen-bond acceptors (Lipinski definition) is 0. The molecule has 0 aliphatic rings. The third-order valence-corrected chi connectivity index (χ3v) is 10.1. The van der Waals surface area contributed by atoms with Crippen molar-refractivity contribution in [2.45, 2.75) is 20.8 Å². The van der Waals surface area contributed by atoms with Crippen molar-refractivity contribution in [3.8, 4) is 0 Å². The Labute approximate surface area is 202 Å². The lowest BCUT2D eigenvalue weighted by Crippen LogP contribution is -2.27. The van der Waals surface area contributed by atoms with Crippen molar-refractivity contribution in [2.24, 2.45) is 0 Å². The second kappa shape index (κ2) is 8.39. The van der Waals surface area contributed by atoms with Gasteiger partial charge in [0.2, 0.25) is 0 Å². The Morgan fingerprint density at radius 2 is 0.647 bits per heavy atom. The maximum absolute atomic E-state index is 2.31. The first-order valence-electron chi connectivity index (χ1n) is 11.9. The zero-order valence-electron chi connectivity index (χ0n) is 19.8. The zero-order valence-corrected chi connectivity index (χ0v) is 20.7. The molecule has 0 atom stereocenters. The smallest absolute Gasteiger partial charge is 0.00428 e. The van der Waals surface area contributed by atoms with E-state index in [0.717, 1.165) is 0 Å². The molecule has 6 aromatic rings. The summed E-state index contributed by atoms with van der Waals surface area (Å²) in [7, 11) is -0.808. The monoisotopic (exact) mass is 454 g/mol. The van der Waals surface area contributed by atoms with Gasteiger partial charge in [0.05, 0.1) is 0 Å². The van der Waals surface area contributed by atoms with Crippen LogP contribution in [0.1, 0.15) is 16.7 Å². The maximum atomic E-state index is 2.31. The van der Waals surface area contributed by atoms with Crippen LogP contribution in [0, 0.1) is 20.8 Å². The van der Waals surface area contributed by atoms with Gasteiger partial charge in [-0.05, 0) is 93.6 Å². The van der Waals surface area contributed by atoms with Crippen LogP contribution in [0.25, 0.3) is 32.3 Å². The van der Waals surface area contributed by atoms with Crippen molar-refractivity contribution in [2.75, 3.05) is 0 Å². The molecule has 6 rings (SSSR count). The number of hydrogen-bond donors (Lipinski definition) is 0. The minimum Gasteiger partial charge on any atom is -0.0616 e. The first-order chi connectivity index (χ1) is 16.6. The SMILES string of the molecule is Cc1ccc2ccccc2c1P(c1c(C)ccc2ccccc12)c1c(C)ccc2ccccc12. The highest BCUT2D eigenvalue weighted by molar-refractivity contribution is 7.81. The lowest BCUT2D eigenvalue weighted by molar-refractivity contribution is 1.52. The molecule has 0 nitrogen and oxygen atoms in total. The van der Waals surface area contributed by atoms with Gasteiger partial charge in [-0.25, -0.2) is 0 Å². The maximum Gasteiger partial charge on any atom is -0.00428 e. The summed E-state index contributed by atoms with van der Waals surface area (Å²) >= 11 is 0. The third-order valence-electron chi connectivity index (χ3n) is 6.98. The molecule has 0 unspecified atom stereocenters. The van der Waals surface area contributed by atoms with Crippen LogP contribution < -0.4 is 15.9 Å². The van der Waals surface area contributed by atoms with Crippen LogP contribution >= 0.6 is 7.92 Å². The molecule has 1 heteroatoms. The predicted molar refractivity (Wildman–Crippen MR) is 152 cm³/mol. The van der Waals surface area contributed by atoms with Gasteiger partial charge in [-0.1, -0.05) is 109 Å². The summed E-state index contributed by atoms with van der Waals surface area (Å²) in [4.78, 5) is 0. The molecule has 0 radical (unpaired) electrons. The Morgan fingerprint density at radius 3 is 0.971 bits per heavy atom. The lowest BCUT2D eigenvalue weighted by Gasteiger charge is -2.28. The van der Waals surface area contributed by atoms with Gasteiger partial charge in [0, 0.05) is 0 Å². The first kappa shape index (κ1) is 21.1. The Hall–Kier alpha value is -3.47. The lowest BCUT2D eigenvalue weighted by atomic mass is 10.1. The van der Waals surface area contributed by atoms with E-state index in [1.165, 1.54) is 64.9 Å². The molecule has 0 amide bonds. The molecular weight excluding hydrogens is 427 g/mol. The Kier molecular flexibility index (Phi) is 5.20. The molecule has 0 aliphatic heterocycles. The normalized spacial score (nSPS) is 11.6. The van der Waals surface area contributed by atoms with Crippen LogP contribution in [-0.4, -0.2) is 0 Å². The van der Waals surface area contributed by atoms with Gasteiger partial charge in [0.1, 0.15) is 0 Å². The van der Waals surface area contributed by atoms with Gasteiger partial charge in [-0.3, -0.25) is 0 Å². The molecule has 0 heterocycles. The summed E-state index contributed by atoms with van der Waals surface area (Å²) in [6.45, 7) is 6.87. The second-order valence-corrected chi connectivity index (χ2v) is 11.2. The molecule has 0 saturated heterocycles. The van der Waals surface area contributed by atoms with Gasteiger partial charge in [0.15, 0.2) is 0 Å². The minimum absolute atomic E-state index is 0.808. The van der Waals surface area contributed by atoms with E-state index < -0.39 is 7.92 Å². The molecule has 0 aromatic heterocycles. The summed E-state index contributed by atoms with van der Waals surface area (Å²) in [5.41, 5.74) is 4.10. The fraction of sp³-hybridized carbons (Fsp3) is 0.0909. The van der Waals surface area contributed by atoms with Crippen molar-refractivity contribution in [1.82, 2.24) is 0 Å². The Morgan fingerprint density at radius 1 is 0.353 bits per heavy atom. The third kappa shape index (κ3) is 3.33. The summed E-state index contributed by atoms with van der Waals surface area (Å²) < 4.78 is 0. The van der Waals surface area contributed by atoms with Crippen LogP contribution in [0.4, 0.5) is 0 Å². The van der Waals surface area contributed by atoms with E-state index in [1.807, 2.05) is 0 Å². The highest BCUT2D eigenvalue weighted by Crippen LogP contribution is 2.43. The van der Waals surface area contributed by atoms with Crippen molar-refractivity contribution in [1.29, 1.82) is 0 Å². The number of rotatable bonds is 3. The second-order valence-electron chi connectivity index (χ2n) is 9.19. The van der Waals surface area contributed by atoms with Crippen molar-refractivity contribution in [3.05, 3.63) is 126 Å². The highest BCUT2D eigenvalue weighted by Gasteiger charge is 2.27. The molecule has 0 N–H and O–H groups in total. The molecule has 0 saturated carbocycles. The topological polar surface area (TPSA) is 0 Å². The summed E-state index contributed by atoms with van der Waals surface area (Å²) in [5, 5.41) is 12.5. The zero-order chi connectivity index (χ0) is 23.2. The van der Waals surface area contributed by atoms with Gasteiger partial charge in [0.25, 0.3) is 0 Å². The van der Waals surface area contributed by atoms with Crippen molar-refractivity contribution >= 4 is 56.2 Å². The van der Waals surface area contributed by atoms with Gasteiger partial charge in [-0.2, -0.15) is 0 Å². The fourth-order valence-corrected chi connectivity index (χ4v) is 8.60. The van der Waals surface area contributed by atoms with E-state index in [2.05, 4.69) is 130 Å². The summed E-state index contributed by atoms with van der Waals surface area (Å²) in [5.74, 6) is 0. The number of fused-ring (bicyclic) bond motifs is 3. The quantitative estimate of drug-likeness (QED) is 0.239. The van der Waals surface area contributed by atoms with E-state index in [1.54, 1.807) is 0 Å². The van der Waals surface area contributed by atoms with Crippen LogP contribution in [0.5, 0.6) is 0 Å². The standard InChI is InChI=1S/C33H27P/c1-22-16-19-25-10-4-7-13-28(25)31(22)34(32-23(2)17-20-26-11-5-8-14-29(26)32)33-24(3)18-21-27-12-6-9-15-30(27)33/h4-21H,1-3H3. The van der Waals surface area contributed by atoms with Crippen LogP contribution in [0.15, 0.2) is 109 Å². The minimum atomic E-state index is -0.808. The average molecular weight is 455 g/mol. The first-order valence-corrected chi connectivity index (χ1v) is 13.2. The highest BCUT2D eigenvalue weighted by atomic mass is 31.1. The van der Waals surface area contributed by atoms with E-state index in [0.29, 0.717) is 0 Å². The summed E-state index contributed by atoms with van der Waals surface area (Å²) in [6.07, 6.45) is 0. The molecule has 0 fully saturated rings. The van der Waals surface area contributed by atoms with Crippen LogP contribution in [-0.2, 0) is 0 Å².